The minimum atomic E-state index is -1.67. The van der Waals surface area contributed by atoms with Crippen LogP contribution in [0.15, 0.2) is 0 Å². The molecule has 3 unspecified atom stereocenters. The van der Waals surface area contributed by atoms with Gasteiger partial charge in [0.2, 0.25) is 0 Å². The Labute approximate surface area is 364 Å². The highest BCUT2D eigenvalue weighted by atomic mass is 16.8. The summed E-state index contributed by atoms with van der Waals surface area (Å²) in [6.07, 6.45) is -13.0. The Bertz CT molecular complexity index is 1560. The van der Waals surface area contributed by atoms with Crippen molar-refractivity contribution in [3.05, 3.63) is 0 Å². The second kappa shape index (κ2) is 18.3. The molecule has 4 aliphatic heterocycles. The van der Waals surface area contributed by atoms with Crippen LogP contribution in [-0.2, 0) is 38.0 Å². The van der Waals surface area contributed by atoms with Gasteiger partial charge < -0.3 is 79.1 Å². The second-order valence-electron chi connectivity index (χ2n) is 21.1. The Morgan fingerprint density at radius 3 is 1.89 bits per heavy atom. The highest BCUT2D eigenvalue weighted by Gasteiger charge is 2.64. The highest BCUT2D eigenvalue weighted by molar-refractivity contribution is 5.83. The van der Waals surface area contributed by atoms with Gasteiger partial charge in [-0.05, 0) is 112 Å². The van der Waals surface area contributed by atoms with Gasteiger partial charge in [-0.2, -0.15) is 0 Å². The van der Waals surface area contributed by atoms with Crippen LogP contribution in [-0.4, -0.2) is 169 Å². The largest absolute Gasteiger partial charge is 0.394 e. The van der Waals surface area contributed by atoms with Crippen molar-refractivity contribution in [2.24, 2.45) is 52.3 Å². The molecule has 4 saturated carbocycles. The number of hydrogen-bond acceptors (Lipinski definition) is 17. The number of ketones is 1. The first-order chi connectivity index (χ1) is 29.3. The van der Waals surface area contributed by atoms with E-state index in [2.05, 4.69) is 27.7 Å². The molecule has 0 radical (unpaired) electrons. The molecule has 8 aliphatic rings. The third-order valence-electron chi connectivity index (χ3n) is 17.7. The monoisotopic (exact) mass is 886 g/mol. The normalized spacial score (nSPS) is 56.4. The number of aliphatic hydroxyl groups is 9. The van der Waals surface area contributed by atoms with E-state index in [0.717, 1.165) is 44.9 Å². The van der Waals surface area contributed by atoms with Crippen molar-refractivity contribution in [3.8, 4) is 0 Å². The predicted octanol–water partition coefficient (Wildman–Crippen LogP) is 0.483. The molecular weight excluding hydrogens is 812 g/mol. The van der Waals surface area contributed by atoms with Crippen LogP contribution < -0.4 is 0 Å². The summed E-state index contributed by atoms with van der Waals surface area (Å²) in [6, 6.07) is 0. The average Bonchev–Trinajstić information content (AvgIpc) is 3.60. The number of hydrogen-bond donors (Lipinski definition) is 9. The number of Topliss-reactive ketones (excluding diaryl/α,β-unsaturated/α-hetero) is 1. The molecular formula is C45H74O17. The molecule has 8 fully saturated rings. The molecule has 0 bridgehead atoms. The Kier molecular flexibility index (Phi) is 14.0. The number of carbonyl (C=O) groups is 1. The van der Waals surface area contributed by atoms with Crippen molar-refractivity contribution >= 4 is 5.78 Å². The Morgan fingerprint density at radius 1 is 0.629 bits per heavy atom. The molecule has 0 aromatic carbocycles. The molecule has 4 aliphatic carbocycles. The van der Waals surface area contributed by atoms with E-state index in [1.165, 1.54) is 6.92 Å². The molecule has 0 spiro atoms. The number of fused-ring (bicyclic) bond motifs is 5. The third-order valence-corrected chi connectivity index (χ3v) is 17.7. The van der Waals surface area contributed by atoms with E-state index in [4.69, 9.17) is 33.2 Å². The number of ether oxygens (including phenoxy) is 7. The maximum Gasteiger partial charge on any atom is 0.189 e. The molecule has 4 saturated heterocycles. The quantitative estimate of drug-likeness (QED) is 0.143. The minimum absolute atomic E-state index is 0.0229. The summed E-state index contributed by atoms with van der Waals surface area (Å²) in [5.41, 5.74) is -0.222. The van der Waals surface area contributed by atoms with Crippen LogP contribution in [0.2, 0.25) is 0 Å². The van der Waals surface area contributed by atoms with Crippen molar-refractivity contribution in [3.63, 3.8) is 0 Å². The van der Waals surface area contributed by atoms with Crippen molar-refractivity contribution in [2.75, 3.05) is 6.61 Å². The van der Waals surface area contributed by atoms with Crippen molar-refractivity contribution < 1.29 is 83.9 Å². The molecule has 9 N–H and O–H groups in total. The van der Waals surface area contributed by atoms with Crippen LogP contribution >= 0.6 is 0 Å². The molecule has 17 nitrogen and oxygen atoms in total. The number of aliphatic hydroxyl groups excluding tert-OH is 9. The Morgan fingerprint density at radius 2 is 1.24 bits per heavy atom. The van der Waals surface area contributed by atoms with Crippen LogP contribution in [0.25, 0.3) is 0 Å². The fourth-order valence-electron chi connectivity index (χ4n) is 13.8. The molecule has 8 rings (SSSR count). The standard InChI is InChI=1S/C45H74O17/c1-18-7-10-29(59-40(18)62-42-38(55)35(52)32(49)21(4)57-42)19(2)24-8-9-25-23-16-28(47)27-15-22(11-13-45(27,6)26(23)12-14-44(24,25)5)58-43-39(36(53)33(50)30(17-46)60-43)61-41-37(54)34(51)31(48)20(3)56-41/h18-27,29-43,46,48-55H,7-17H2,1-6H3/t18-,19+,20+,21+,22+,23?,24?,25+,26+,27-,29?,30-,31+,32+,33-,34-,35-,36+,37-,38-,39-,40-,41+,42+,43-,44-,45-/m1/s1. The van der Waals surface area contributed by atoms with Crippen LogP contribution in [0, 0.1) is 52.3 Å². The minimum Gasteiger partial charge on any atom is -0.394 e. The van der Waals surface area contributed by atoms with E-state index >= 15 is 0 Å². The van der Waals surface area contributed by atoms with Gasteiger partial charge >= 0.3 is 0 Å². The van der Waals surface area contributed by atoms with Crippen LogP contribution in [0.4, 0.5) is 0 Å². The zero-order chi connectivity index (χ0) is 44.7. The topological polar surface area (TPSA) is 264 Å². The predicted molar refractivity (Wildman–Crippen MR) is 215 cm³/mol. The third kappa shape index (κ3) is 8.27. The van der Waals surface area contributed by atoms with Gasteiger partial charge in [-0.25, -0.2) is 0 Å². The molecule has 4 heterocycles. The lowest BCUT2D eigenvalue weighted by Crippen LogP contribution is -2.64. The van der Waals surface area contributed by atoms with Crippen LogP contribution in [0.3, 0.4) is 0 Å². The highest BCUT2D eigenvalue weighted by Crippen LogP contribution is 2.68. The molecule has 62 heavy (non-hydrogen) atoms. The fraction of sp³-hybridized carbons (Fsp3) is 0.978. The molecule has 0 amide bonds. The molecule has 27 atom stereocenters. The van der Waals surface area contributed by atoms with Gasteiger partial charge in [-0.3, -0.25) is 4.79 Å². The lowest BCUT2D eigenvalue weighted by Gasteiger charge is -2.61. The van der Waals surface area contributed by atoms with Crippen molar-refractivity contribution in [1.29, 1.82) is 0 Å². The Balaban J connectivity index is 0.917. The lowest BCUT2D eigenvalue weighted by molar-refractivity contribution is -0.370. The zero-order valence-electron chi connectivity index (χ0n) is 37.0. The van der Waals surface area contributed by atoms with E-state index in [1.807, 2.05) is 0 Å². The summed E-state index contributed by atoms with van der Waals surface area (Å²) >= 11 is 0. The number of rotatable bonds is 9. The fourth-order valence-corrected chi connectivity index (χ4v) is 13.8. The maximum atomic E-state index is 14.4. The summed E-state index contributed by atoms with van der Waals surface area (Å²) < 4.78 is 42.7. The maximum absolute atomic E-state index is 14.4. The van der Waals surface area contributed by atoms with Crippen LogP contribution in [0.5, 0.6) is 0 Å². The Hall–Kier alpha value is -0.970. The first-order valence-corrected chi connectivity index (χ1v) is 23.4. The smallest absolute Gasteiger partial charge is 0.189 e. The van der Waals surface area contributed by atoms with Crippen molar-refractivity contribution in [1.82, 2.24) is 0 Å². The lowest BCUT2D eigenvalue weighted by atomic mass is 9.44. The van der Waals surface area contributed by atoms with E-state index in [9.17, 15) is 50.8 Å². The van der Waals surface area contributed by atoms with E-state index in [0.29, 0.717) is 37.0 Å². The van der Waals surface area contributed by atoms with Crippen LogP contribution in [0.1, 0.15) is 106 Å². The SMILES string of the molecule is C[C@H](C1CC[C@@H](C)[C@@H](O[C@@H]2O[C@@H](C)[C@H](O)[C@@H](O)[C@H]2O)O1)C1CC[C@H]2C3CC(=O)[C@H]4C[C@@H](O[C@@H]5O[C@H](CO)[C@@H](O)[C@H](O)[C@H]5O[C@@H]5O[C@@H](C)[C@H](O)[C@@H](O)[C@H]5O)CC[C@]4(C)[C@H]3CC[C@]12C. The van der Waals surface area contributed by atoms with Gasteiger partial charge in [0.05, 0.1) is 31.0 Å². The first-order valence-electron chi connectivity index (χ1n) is 23.4. The number of carbonyl (C=O) groups excluding carboxylic acids is 1. The van der Waals surface area contributed by atoms with Gasteiger partial charge in [0.15, 0.2) is 25.2 Å². The van der Waals surface area contributed by atoms with E-state index in [-0.39, 0.29) is 46.4 Å². The summed E-state index contributed by atoms with van der Waals surface area (Å²) in [4.78, 5) is 14.4. The summed E-state index contributed by atoms with van der Waals surface area (Å²) in [7, 11) is 0. The molecule has 356 valence electrons. The van der Waals surface area contributed by atoms with Gasteiger partial charge in [0.1, 0.15) is 66.8 Å². The van der Waals surface area contributed by atoms with E-state index < -0.39 is 111 Å². The molecule has 0 aromatic rings. The summed E-state index contributed by atoms with van der Waals surface area (Å²) in [5.74, 6) is 1.60. The van der Waals surface area contributed by atoms with Crippen molar-refractivity contribution in [2.45, 2.75) is 216 Å². The van der Waals surface area contributed by atoms with Gasteiger partial charge in [-0.1, -0.05) is 27.7 Å². The zero-order valence-corrected chi connectivity index (χ0v) is 37.0. The molecule has 0 aromatic heterocycles. The van der Waals surface area contributed by atoms with Gasteiger partial charge in [0, 0.05) is 18.3 Å². The van der Waals surface area contributed by atoms with E-state index in [1.54, 1.807) is 6.92 Å². The second-order valence-corrected chi connectivity index (χ2v) is 21.1. The summed E-state index contributed by atoms with van der Waals surface area (Å²) in [5, 5.41) is 94.4. The average molecular weight is 887 g/mol. The molecule has 17 heteroatoms. The van der Waals surface area contributed by atoms with Gasteiger partial charge in [-0.15, -0.1) is 0 Å². The first kappa shape index (κ1) is 47.5. The van der Waals surface area contributed by atoms with Gasteiger partial charge in [0.25, 0.3) is 0 Å². The summed E-state index contributed by atoms with van der Waals surface area (Å²) in [6.45, 7) is 11.6.